The molecule has 1 rings (SSSR count). The van der Waals surface area contributed by atoms with Crippen LogP contribution in [0.4, 0.5) is 0 Å². The quantitative estimate of drug-likeness (QED) is 0.667. The minimum atomic E-state index is -0.402. The van der Waals surface area contributed by atoms with Crippen molar-refractivity contribution in [3.8, 4) is 0 Å². The van der Waals surface area contributed by atoms with E-state index < -0.39 is 5.92 Å². The van der Waals surface area contributed by atoms with Gasteiger partial charge in [-0.15, -0.1) is 0 Å². The number of ether oxygens (including phenoxy) is 3. The summed E-state index contributed by atoms with van der Waals surface area (Å²) in [6.07, 6.45) is 1.67. The molecular weight excluding hydrogens is 212 g/mol. The van der Waals surface area contributed by atoms with Crippen LogP contribution in [0.15, 0.2) is 0 Å². The van der Waals surface area contributed by atoms with Crippen LogP contribution in [0.2, 0.25) is 0 Å². The molecule has 0 N–H and O–H groups in total. The minimum Gasteiger partial charge on any atom is -0.469 e. The van der Waals surface area contributed by atoms with Crippen molar-refractivity contribution in [2.75, 3.05) is 27.4 Å². The van der Waals surface area contributed by atoms with Crippen molar-refractivity contribution in [1.82, 2.24) is 0 Å². The molecule has 1 unspecified atom stereocenters. The summed E-state index contributed by atoms with van der Waals surface area (Å²) in [7, 11) is 2.66. The van der Waals surface area contributed by atoms with Crippen LogP contribution in [-0.2, 0) is 23.8 Å². The average Bonchev–Trinajstić information content (AvgIpc) is 2.35. The first kappa shape index (κ1) is 13.0. The van der Waals surface area contributed by atoms with Crippen LogP contribution in [-0.4, -0.2) is 39.4 Å². The highest BCUT2D eigenvalue weighted by Crippen LogP contribution is 2.27. The Labute approximate surface area is 95.0 Å². The smallest absolute Gasteiger partial charge is 0.309 e. The van der Waals surface area contributed by atoms with Crippen molar-refractivity contribution in [3.63, 3.8) is 0 Å². The summed E-state index contributed by atoms with van der Waals surface area (Å²) < 4.78 is 14.5. The summed E-state index contributed by atoms with van der Waals surface area (Å²) >= 11 is 0. The number of carbonyl (C=O) groups is 2. The molecule has 0 aromatic heterocycles. The minimum absolute atomic E-state index is 0.0911. The predicted molar refractivity (Wildman–Crippen MR) is 55.7 cm³/mol. The van der Waals surface area contributed by atoms with Gasteiger partial charge in [0.1, 0.15) is 0 Å². The second kappa shape index (κ2) is 6.48. The number of esters is 2. The summed E-state index contributed by atoms with van der Waals surface area (Å²) in [5, 5.41) is 0. The number of hydrogen-bond acceptors (Lipinski definition) is 5. The van der Waals surface area contributed by atoms with Crippen molar-refractivity contribution >= 4 is 11.9 Å². The molecule has 5 nitrogen and oxygen atoms in total. The van der Waals surface area contributed by atoms with E-state index in [4.69, 9.17) is 9.47 Å². The fraction of sp³-hybridized carbons (Fsp3) is 0.818. The molecule has 1 saturated heterocycles. The van der Waals surface area contributed by atoms with Crippen LogP contribution >= 0.6 is 0 Å². The molecule has 16 heavy (non-hydrogen) atoms. The monoisotopic (exact) mass is 230 g/mol. The number of hydrogen-bond donors (Lipinski definition) is 0. The first-order valence-corrected chi connectivity index (χ1v) is 5.41. The lowest BCUT2D eigenvalue weighted by atomic mass is 9.84. The molecule has 1 atom stereocenters. The number of methoxy groups -OCH3 is 2. The Morgan fingerprint density at radius 1 is 1.25 bits per heavy atom. The maximum absolute atomic E-state index is 11.6. The third-order valence-corrected chi connectivity index (χ3v) is 2.95. The van der Waals surface area contributed by atoms with Crippen LogP contribution in [0.1, 0.15) is 19.3 Å². The van der Waals surface area contributed by atoms with E-state index >= 15 is 0 Å². The molecule has 0 bridgehead atoms. The van der Waals surface area contributed by atoms with Gasteiger partial charge in [0.2, 0.25) is 0 Å². The van der Waals surface area contributed by atoms with E-state index in [-0.39, 0.29) is 24.3 Å². The van der Waals surface area contributed by atoms with Crippen LogP contribution in [0.3, 0.4) is 0 Å². The lowest BCUT2D eigenvalue weighted by Crippen LogP contribution is -2.32. The summed E-state index contributed by atoms with van der Waals surface area (Å²) in [5.41, 5.74) is 0. The van der Waals surface area contributed by atoms with E-state index in [1.165, 1.54) is 14.2 Å². The van der Waals surface area contributed by atoms with Gasteiger partial charge >= 0.3 is 11.9 Å². The Morgan fingerprint density at radius 3 is 2.38 bits per heavy atom. The van der Waals surface area contributed by atoms with E-state index in [0.29, 0.717) is 13.2 Å². The number of rotatable bonds is 4. The van der Waals surface area contributed by atoms with Gasteiger partial charge in [0, 0.05) is 13.2 Å². The second-order valence-electron chi connectivity index (χ2n) is 3.86. The molecule has 0 aromatic rings. The predicted octanol–water partition coefficient (Wildman–Crippen LogP) is 0.765. The lowest BCUT2D eigenvalue weighted by Gasteiger charge is -2.27. The molecule has 0 aliphatic carbocycles. The molecule has 0 saturated carbocycles. The molecule has 1 aliphatic rings. The van der Waals surface area contributed by atoms with Gasteiger partial charge in [0.05, 0.1) is 26.6 Å². The van der Waals surface area contributed by atoms with Crippen LogP contribution in [0, 0.1) is 11.8 Å². The Kier molecular flexibility index (Phi) is 5.25. The first-order chi connectivity index (χ1) is 7.69. The summed E-state index contributed by atoms with van der Waals surface area (Å²) in [5.74, 6) is -0.958. The van der Waals surface area contributed by atoms with Gasteiger partial charge in [0.25, 0.3) is 0 Å². The Morgan fingerprint density at radius 2 is 1.88 bits per heavy atom. The molecule has 0 spiro atoms. The van der Waals surface area contributed by atoms with Gasteiger partial charge in [0.15, 0.2) is 0 Å². The van der Waals surface area contributed by atoms with Gasteiger partial charge in [-0.3, -0.25) is 9.59 Å². The zero-order valence-electron chi connectivity index (χ0n) is 9.73. The fourth-order valence-corrected chi connectivity index (χ4v) is 1.97. The van der Waals surface area contributed by atoms with Crippen LogP contribution < -0.4 is 0 Å². The largest absolute Gasteiger partial charge is 0.469 e. The number of carbonyl (C=O) groups excluding carboxylic acids is 2. The molecule has 0 radical (unpaired) electrons. The fourth-order valence-electron chi connectivity index (χ4n) is 1.97. The average molecular weight is 230 g/mol. The Hall–Kier alpha value is -1.10. The molecule has 1 fully saturated rings. The van der Waals surface area contributed by atoms with Crippen molar-refractivity contribution in [1.29, 1.82) is 0 Å². The molecule has 92 valence electrons. The van der Waals surface area contributed by atoms with E-state index in [1.807, 2.05) is 0 Å². The SMILES string of the molecule is COC(=O)CC(C(=O)OC)C1CCOCC1. The molecule has 1 aliphatic heterocycles. The standard InChI is InChI=1S/C11H18O5/c1-14-10(12)7-9(11(13)15-2)8-3-5-16-6-4-8/h8-9H,3-7H2,1-2H3. The molecule has 0 amide bonds. The topological polar surface area (TPSA) is 61.8 Å². The van der Waals surface area contributed by atoms with E-state index in [1.54, 1.807) is 0 Å². The van der Waals surface area contributed by atoms with Gasteiger partial charge in [-0.2, -0.15) is 0 Å². The zero-order valence-corrected chi connectivity index (χ0v) is 9.73. The Bertz CT molecular complexity index is 245. The van der Waals surface area contributed by atoms with Gasteiger partial charge < -0.3 is 14.2 Å². The highest BCUT2D eigenvalue weighted by atomic mass is 16.5. The van der Waals surface area contributed by atoms with E-state index in [2.05, 4.69) is 4.74 Å². The van der Waals surface area contributed by atoms with Crippen molar-refractivity contribution in [2.24, 2.45) is 11.8 Å². The molecule has 0 aromatic carbocycles. The first-order valence-electron chi connectivity index (χ1n) is 5.41. The molecule has 5 heteroatoms. The summed E-state index contributed by atoms with van der Waals surface area (Å²) in [4.78, 5) is 22.8. The zero-order chi connectivity index (χ0) is 12.0. The summed E-state index contributed by atoms with van der Waals surface area (Å²) in [6.45, 7) is 1.28. The maximum Gasteiger partial charge on any atom is 0.309 e. The van der Waals surface area contributed by atoms with Gasteiger partial charge in [-0.05, 0) is 18.8 Å². The van der Waals surface area contributed by atoms with Crippen LogP contribution in [0.5, 0.6) is 0 Å². The van der Waals surface area contributed by atoms with E-state index in [0.717, 1.165) is 12.8 Å². The third-order valence-electron chi connectivity index (χ3n) is 2.95. The normalized spacial score (nSPS) is 18.9. The highest BCUT2D eigenvalue weighted by molar-refractivity contribution is 5.80. The van der Waals surface area contributed by atoms with Crippen LogP contribution in [0.25, 0.3) is 0 Å². The van der Waals surface area contributed by atoms with Crippen molar-refractivity contribution in [3.05, 3.63) is 0 Å². The van der Waals surface area contributed by atoms with Crippen molar-refractivity contribution < 1.29 is 23.8 Å². The summed E-state index contributed by atoms with van der Waals surface area (Å²) in [6, 6.07) is 0. The molecule has 1 heterocycles. The van der Waals surface area contributed by atoms with Crippen molar-refractivity contribution in [2.45, 2.75) is 19.3 Å². The van der Waals surface area contributed by atoms with E-state index in [9.17, 15) is 9.59 Å². The van der Waals surface area contributed by atoms with Gasteiger partial charge in [-0.1, -0.05) is 0 Å². The lowest BCUT2D eigenvalue weighted by molar-refractivity contribution is -0.155. The molecular formula is C11H18O5. The van der Waals surface area contributed by atoms with Gasteiger partial charge in [-0.25, -0.2) is 0 Å². The Balaban J connectivity index is 2.61. The second-order valence-corrected chi connectivity index (χ2v) is 3.86. The maximum atomic E-state index is 11.6. The highest BCUT2D eigenvalue weighted by Gasteiger charge is 2.32. The third kappa shape index (κ3) is 3.48.